The lowest BCUT2D eigenvalue weighted by Crippen LogP contribution is -2.42. The fraction of sp³-hybridized carbons (Fsp3) is 0.333. The SMILES string of the molecule is COc1c(C)cnc2c1c(=O)n(CC(N)=O)c(=O)n2C. The molecule has 0 fully saturated rings. The van der Waals surface area contributed by atoms with Crippen molar-refractivity contribution in [2.75, 3.05) is 7.11 Å². The Morgan fingerprint density at radius 1 is 1.45 bits per heavy atom. The van der Waals surface area contributed by atoms with Gasteiger partial charge in [0.25, 0.3) is 5.56 Å². The van der Waals surface area contributed by atoms with Crippen LogP contribution in [-0.4, -0.2) is 27.1 Å². The summed E-state index contributed by atoms with van der Waals surface area (Å²) in [6.07, 6.45) is 1.51. The van der Waals surface area contributed by atoms with Gasteiger partial charge in [0.1, 0.15) is 17.7 Å². The molecule has 0 saturated carbocycles. The largest absolute Gasteiger partial charge is 0.495 e. The van der Waals surface area contributed by atoms with E-state index in [0.29, 0.717) is 11.3 Å². The number of aryl methyl sites for hydroxylation is 2. The summed E-state index contributed by atoms with van der Waals surface area (Å²) < 4.78 is 7.16. The zero-order chi connectivity index (χ0) is 15.0. The molecular weight excluding hydrogens is 264 g/mol. The number of nitrogens with zero attached hydrogens (tertiary/aromatic N) is 3. The number of ether oxygens (including phenoxy) is 1. The minimum Gasteiger partial charge on any atom is -0.495 e. The summed E-state index contributed by atoms with van der Waals surface area (Å²) in [5.41, 5.74) is 4.62. The highest BCUT2D eigenvalue weighted by Gasteiger charge is 2.18. The molecule has 20 heavy (non-hydrogen) atoms. The second-order valence-corrected chi connectivity index (χ2v) is 4.37. The Morgan fingerprint density at radius 2 is 2.10 bits per heavy atom. The maximum Gasteiger partial charge on any atom is 0.332 e. The average Bonchev–Trinajstić information content (AvgIpc) is 2.40. The summed E-state index contributed by atoms with van der Waals surface area (Å²) in [4.78, 5) is 39.5. The van der Waals surface area contributed by atoms with Crippen molar-refractivity contribution in [2.45, 2.75) is 13.5 Å². The van der Waals surface area contributed by atoms with Crippen molar-refractivity contribution in [3.8, 4) is 5.75 Å². The zero-order valence-electron chi connectivity index (χ0n) is 11.3. The number of nitrogens with two attached hydrogens (primary N) is 1. The van der Waals surface area contributed by atoms with Crippen molar-refractivity contribution in [1.82, 2.24) is 14.1 Å². The summed E-state index contributed by atoms with van der Waals surface area (Å²) in [5, 5.41) is 0.149. The molecule has 8 heteroatoms. The van der Waals surface area contributed by atoms with Gasteiger partial charge in [-0.25, -0.2) is 14.3 Å². The number of fused-ring (bicyclic) bond motifs is 1. The van der Waals surface area contributed by atoms with Gasteiger partial charge in [0, 0.05) is 18.8 Å². The van der Waals surface area contributed by atoms with E-state index in [1.165, 1.54) is 24.9 Å². The Bertz CT molecular complexity index is 819. The molecule has 0 aliphatic rings. The van der Waals surface area contributed by atoms with Crippen LogP contribution in [0.5, 0.6) is 5.75 Å². The molecule has 1 amide bonds. The lowest BCUT2D eigenvalue weighted by atomic mass is 10.2. The van der Waals surface area contributed by atoms with E-state index >= 15 is 0 Å². The maximum atomic E-state index is 12.4. The third kappa shape index (κ3) is 1.94. The predicted molar refractivity (Wildman–Crippen MR) is 71.7 cm³/mol. The summed E-state index contributed by atoms with van der Waals surface area (Å²) in [7, 11) is 2.88. The van der Waals surface area contributed by atoms with Crippen LogP contribution in [0.25, 0.3) is 11.0 Å². The molecule has 0 aromatic carbocycles. The minimum absolute atomic E-state index is 0.149. The van der Waals surface area contributed by atoms with E-state index in [9.17, 15) is 14.4 Å². The van der Waals surface area contributed by atoms with E-state index in [1.807, 2.05) is 0 Å². The average molecular weight is 278 g/mol. The number of pyridine rings is 1. The Labute approximate surface area is 113 Å². The van der Waals surface area contributed by atoms with Crippen LogP contribution in [0.4, 0.5) is 0 Å². The first-order valence-electron chi connectivity index (χ1n) is 5.80. The molecule has 2 aromatic heterocycles. The van der Waals surface area contributed by atoms with Crippen molar-refractivity contribution in [3.63, 3.8) is 0 Å². The van der Waals surface area contributed by atoms with Crippen LogP contribution in [0.3, 0.4) is 0 Å². The first kappa shape index (κ1) is 13.8. The molecule has 0 aliphatic heterocycles. The minimum atomic E-state index is -0.775. The quantitative estimate of drug-likeness (QED) is 0.766. The maximum absolute atomic E-state index is 12.4. The van der Waals surface area contributed by atoms with Crippen LogP contribution < -0.4 is 21.7 Å². The first-order chi connectivity index (χ1) is 9.38. The molecule has 0 saturated heterocycles. The van der Waals surface area contributed by atoms with Crippen LogP contribution in [0, 0.1) is 6.92 Å². The first-order valence-corrected chi connectivity index (χ1v) is 5.80. The number of hydrogen-bond donors (Lipinski definition) is 1. The Balaban J connectivity index is 3.03. The lowest BCUT2D eigenvalue weighted by Gasteiger charge is -2.12. The van der Waals surface area contributed by atoms with E-state index in [0.717, 1.165) is 4.57 Å². The van der Waals surface area contributed by atoms with Crippen molar-refractivity contribution in [3.05, 3.63) is 32.6 Å². The molecule has 8 nitrogen and oxygen atoms in total. The number of amides is 1. The number of primary amides is 1. The highest BCUT2D eigenvalue weighted by atomic mass is 16.5. The molecule has 2 N–H and O–H groups in total. The van der Waals surface area contributed by atoms with E-state index in [-0.39, 0.29) is 11.0 Å². The number of aromatic nitrogens is 3. The molecule has 0 bridgehead atoms. The van der Waals surface area contributed by atoms with E-state index < -0.39 is 23.7 Å². The summed E-state index contributed by atoms with van der Waals surface area (Å²) in [6.45, 7) is 1.24. The van der Waals surface area contributed by atoms with Crippen LogP contribution in [0.2, 0.25) is 0 Å². The standard InChI is InChI=1S/C12H14N4O4/c1-6-4-14-10-8(9(6)20-3)11(18)16(5-7(13)17)12(19)15(10)2/h4H,5H2,1-3H3,(H2,13,17). The molecule has 0 radical (unpaired) electrons. The summed E-state index contributed by atoms with van der Waals surface area (Å²) in [6, 6.07) is 0. The number of methoxy groups -OCH3 is 1. The van der Waals surface area contributed by atoms with Gasteiger partial charge in [0.2, 0.25) is 5.91 Å². The molecule has 2 heterocycles. The van der Waals surface area contributed by atoms with E-state index in [2.05, 4.69) is 4.98 Å². The molecule has 2 rings (SSSR count). The van der Waals surface area contributed by atoms with Crippen LogP contribution >= 0.6 is 0 Å². The molecule has 2 aromatic rings. The van der Waals surface area contributed by atoms with Gasteiger partial charge in [-0.1, -0.05) is 0 Å². The van der Waals surface area contributed by atoms with Crippen LogP contribution in [0.15, 0.2) is 15.8 Å². The summed E-state index contributed by atoms with van der Waals surface area (Å²) in [5.74, 6) is -0.447. The van der Waals surface area contributed by atoms with Crippen LogP contribution in [-0.2, 0) is 18.4 Å². The molecule has 0 atom stereocenters. The fourth-order valence-electron chi connectivity index (χ4n) is 2.08. The summed E-state index contributed by atoms with van der Waals surface area (Å²) >= 11 is 0. The highest BCUT2D eigenvalue weighted by Crippen LogP contribution is 2.23. The molecule has 0 unspecified atom stereocenters. The number of rotatable bonds is 3. The smallest absolute Gasteiger partial charge is 0.332 e. The third-order valence-corrected chi connectivity index (χ3v) is 3.00. The van der Waals surface area contributed by atoms with E-state index in [1.54, 1.807) is 6.92 Å². The monoisotopic (exact) mass is 278 g/mol. The van der Waals surface area contributed by atoms with Gasteiger partial charge in [0.05, 0.1) is 7.11 Å². The molecule has 0 spiro atoms. The van der Waals surface area contributed by atoms with Crippen molar-refractivity contribution in [1.29, 1.82) is 0 Å². The normalized spacial score (nSPS) is 10.8. The Hall–Kier alpha value is -2.64. The predicted octanol–water partition coefficient (Wildman–Crippen LogP) is -1.10. The van der Waals surface area contributed by atoms with Gasteiger partial charge < -0.3 is 10.5 Å². The number of carbonyl (C=O) groups is 1. The fourth-order valence-corrected chi connectivity index (χ4v) is 2.08. The van der Waals surface area contributed by atoms with Gasteiger partial charge in [-0.15, -0.1) is 0 Å². The van der Waals surface area contributed by atoms with Crippen molar-refractivity contribution >= 4 is 16.9 Å². The highest BCUT2D eigenvalue weighted by molar-refractivity contribution is 5.83. The van der Waals surface area contributed by atoms with Gasteiger partial charge in [-0.2, -0.15) is 0 Å². The van der Waals surface area contributed by atoms with E-state index in [4.69, 9.17) is 10.5 Å². The van der Waals surface area contributed by atoms with Crippen molar-refractivity contribution < 1.29 is 9.53 Å². The Morgan fingerprint density at radius 3 is 2.65 bits per heavy atom. The van der Waals surface area contributed by atoms with Gasteiger partial charge in [-0.05, 0) is 6.92 Å². The molecular formula is C12H14N4O4. The van der Waals surface area contributed by atoms with Crippen LogP contribution in [0.1, 0.15) is 5.56 Å². The Kier molecular flexibility index (Phi) is 3.31. The van der Waals surface area contributed by atoms with Gasteiger partial charge in [-0.3, -0.25) is 14.2 Å². The topological polar surface area (TPSA) is 109 Å². The third-order valence-electron chi connectivity index (χ3n) is 3.00. The zero-order valence-corrected chi connectivity index (χ0v) is 11.3. The number of hydrogen-bond acceptors (Lipinski definition) is 5. The second kappa shape index (κ2) is 4.80. The van der Waals surface area contributed by atoms with Crippen molar-refractivity contribution in [2.24, 2.45) is 12.8 Å². The van der Waals surface area contributed by atoms with Gasteiger partial charge >= 0.3 is 5.69 Å². The number of carbonyl (C=O) groups excluding carboxylic acids is 1. The second-order valence-electron chi connectivity index (χ2n) is 4.37. The molecule has 0 aliphatic carbocycles. The van der Waals surface area contributed by atoms with Gasteiger partial charge in [0.15, 0.2) is 5.65 Å². The lowest BCUT2D eigenvalue weighted by molar-refractivity contribution is -0.118. The molecule has 106 valence electrons.